The molecule has 2 heterocycles. The van der Waals surface area contributed by atoms with Gasteiger partial charge in [-0.3, -0.25) is 0 Å². The number of piperazine rings is 1. The molecular formula is C8H14N2. The van der Waals surface area contributed by atoms with E-state index in [1.54, 1.807) is 0 Å². The van der Waals surface area contributed by atoms with Gasteiger partial charge < -0.3 is 10.6 Å². The van der Waals surface area contributed by atoms with E-state index in [0.717, 1.165) is 12.1 Å². The first kappa shape index (κ1) is 5.56. The monoisotopic (exact) mass is 138 g/mol. The van der Waals surface area contributed by atoms with Crippen LogP contribution < -0.4 is 10.6 Å². The fourth-order valence-electron chi connectivity index (χ4n) is 2.53. The molecule has 2 N–H and O–H groups in total. The van der Waals surface area contributed by atoms with Crippen LogP contribution in [0.4, 0.5) is 0 Å². The van der Waals surface area contributed by atoms with Gasteiger partial charge in [0.15, 0.2) is 0 Å². The molecule has 3 fully saturated rings. The Labute approximate surface area is 61.4 Å². The maximum Gasteiger partial charge on any atom is 0.0337 e. The van der Waals surface area contributed by atoms with Gasteiger partial charge in [-0.2, -0.15) is 0 Å². The molecule has 0 aromatic carbocycles. The number of fused-ring (bicyclic) bond motifs is 3. The lowest BCUT2D eigenvalue weighted by atomic mass is 10.1. The maximum atomic E-state index is 3.68. The third kappa shape index (κ3) is 0.565. The van der Waals surface area contributed by atoms with E-state index in [4.69, 9.17) is 0 Å². The minimum atomic E-state index is 0.576. The van der Waals surface area contributed by atoms with Crippen LogP contribution in [0.5, 0.6) is 0 Å². The van der Waals surface area contributed by atoms with E-state index in [1.807, 2.05) is 0 Å². The van der Waals surface area contributed by atoms with Gasteiger partial charge in [0, 0.05) is 24.2 Å². The van der Waals surface area contributed by atoms with E-state index in [-0.39, 0.29) is 0 Å². The summed E-state index contributed by atoms with van der Waals surface area (Å²) in [7, 11) is 0. The summed E-state index contributed by atoms with van der Waals surface area (Å²) < 4.78 is 0. The molecule has 2 aliphatic heterocycles. The van der Waals surface area contributed by atoms with Crippen LogP contribution in [0.1, 0.15) is 25.7 Å². The molecule has 2 heteroatoms. The van der Waals surface area contributed by atoms with Gasteiger partial charge in [-0.15, -0.1) is 0 Å². The minimum Gasteiger partial charge on any atom is -0.308 e. The van der Waals surface area contributed by atoms with Crippen molar-refractivity contribution in [2.24, 2.45) is 0 Å². The molecule has 3 rings (SSSR count). The minimum absolute atomic E-state index is 0.576. The third-order valence-corrected chi connectivity index (χ3v) is 3.40. The normalized spacial score (nSPS) is 48.0. The zero-order valence-corrected chi connectivity index (χ0v) is 6.19. The molecule has 0 amide bonds. The van der Waals surface area contributed by atoms with E-state index in [9.17, 15) is 0 Å². The average molecular weight is 138 g/mol. The van der Waals surface area contributed by atoms with Crippen LogP contribution in [0.2, 0.25) is 0 Å². The molecule has 1 aliphatic carbocycles. The molecule has 2 unspecified atom stereocenters. The maximum absolute atomic E-state index is 3.68. The van der Waals surface area contributed by atoms with E-state index >= 15 is 0 Å². The molecule has 2 nitrogen and oxygen atoms in total. The number of hydrogen-bond acceptors (Lipinski definition) is 2. The highest BCUT2D eigenvalue weighted by Crippen LogP contribution is 2.44. The molecule has 0 aromatic heterocycles. The Hall–Kier alpha value is -0.0800. The van der Waals surface area contributed by atoms with Crippen molar-refractivity contribution in [3.05, 3.63) is 0 Å². The standard InChI is InChI=1S/C8H14N2/c1-2-7-8(3-4-8)9-5-6(1)10-7/h6-7,9-10H,1-5H2. The first-order valence-electron chi connectivity index (χ1n) is 4.40. The molecule has 0 radical (unpaired) electrons. The zero-order valence-electron chi connectivity index (χ0n) is 6.19. The van der Waals surface area contributed by atoms with Crippen LogP contribution in [0, 0.1) is 0 Å². The summed E-state index contributed by atoms with van der Waals surface area (Å²) in [5.74, 6) is 0. The summed E-state index contributed by atoms with van der Waals surface area (Å²) >= 11 is 0. The second-order valence-corrected chi connectivity index (χ2v) is 4.03. The summed E-state index contributed by atoms with van der Waals surface area (Å²) in [6, 6.07) is 1.63. The molecular weight excluding hydrogens is 124 g/mol. The molecule has 3 aliphatic rings. The molecule has 1 spiro atoms. The van der Waals surface area contributed by atoms with Crippen molar-refractivity contribution in [2.75, 3.05) is 6.54 Å². The first-order chi connectivity index (χ1) is 4.89. The predicted molar refractivity (Wildman–Crippen MR) is 39.9 cm³/mol. The molecule has 2 saturated heterocycles. The van der Waals surface area contributed by atoms with Crippen LogP contribution in [-0.4, -0.2) is 24.2 Å². The van der Waals surface area contributed by atoms with Crippen LogP contribution >= 0.6 is 0 Å². The van der Waals surface area contributed by atoms with Crippen LogP contribution in [0.15, 0.2) is 0 Å². The largest absolute Gasteiger partial charge is 0.308 e. The SMILES string of the molecule is C1CC2NC1CNC21CC1. The highest BCUT2D eigenvalue weighted by molar-refractivity contribution is 5.16. The van der Waals surface area contributed by atoms with Gasteiger partial charge in [0.1, 0.15) is 0 Å². The van der Waals surface area contributed by atoms with Crippen molar-refractivity contribution in [2.45, 2.75) is 43.3 Å². The molecule has 10 heavy (non-hydrogen) atoms. The van der Waals surface area contributed by atoms with E-state index in [1.165, 1.54) is 32.2 Å². The lowest BCUT2D eigenvalue weighted by Crippen LogP contribution is -2.57. The van der Waals surface area contributed by atoms with Crippen LogP contribution in [0.3, 0.4) is 0 Å². The lowest BCUT2D eigenvalue weighted by Gasteiger charge is -2.31. The van der Waals surface area contributed by atoms with Crippen molar-refractivity contribution < 1.29 is 0 Å². The Morgan fingerprint density at radius 3 is 2.90 bits per heavy atom. The topological polar surface area (TPSA) is 24.1 Å². The molecule has 2 atom stereocenters. The Balaban J connectivity index is 1.89. The quantitative estimate of drug-likeness (QED) is 0.501. The molecule has 1 saturated carbocycles. The molecule has 56 valence electrons. The fourth-order valence-corrected chi connectivity index (χ4v) is 2.53. The fraction of sp³-hybridized carbons (Fsp3) is 1.00. The van der Waals surface area contributed by atoms with Crippen molar-refractivity contribution in [1.29, 1.82) is 0 Å². The van der Waals surface area contributed by atoms with Crippen molar-refractivity contribution in [3.8, 4) is 0 Å². The summed E-state index contributed by atoms with van der Waals surface area (Å²) in [6.45, 7) is 1.22. The smallest absolute Gasteiger partial charge is 0.0337 e. The predicted octanol–water partition coefficient (Wildman–Crippen LogP) is 0.243. The first-order valence-corrected chi connectivity index (χ1v) is 4.40. The van der Waals surface area contributed by atoms with E-state index < -0.39 is 0 Å². The Morgan fingerprint density at radius 1 is 1.20 bits per heavy atom. The summed E-state index contributed by atoms with van der Waals surface area (Å²) in [5, 5.41) is 7.35. The summed E-state index contributed by atoms with van der Waals surface area (Å²) in [4.78, 5) is 0. The second-order valence-electron chi connectivity index (χ2n) is 4.03. The van der Waals surface area contributed by atoms with E-state index in [2.05, 4.69) is 10.6 Å². The zero-order chi connectivity index (χ0) is 6.60. The Kier molecular flexibility index (Phi) is 0.868. The van der Waals surface area contributed by atoms with Crippen molar-refractivity contribution in [1.82, 2.24) is 10.6 Å². The third-order valence-electron chi connectivity index (χ3n) is 3.40. The van der Waals surface area contributed by atoms with Gasteiger partial charge in [-0.1, -0.05) is 0 Å². The summed E-state index contributed by atoms with van der Waals surface area (Å²) in [6.07, 6.45) is 5.64. The van der Waals surface area contributed by atoms with Crippen LogP contribution in [0.25, 0.3) is 0 Å². The Morgan fingerprint density at radius 2 is 2.10 bits per heavy atom. The highest BCUT2D eigenvalue weighted by Gasteiger charge is 2.53. The van der Waals surface area contributed by atoms with Gasteiger partial charge in [0.05, 0.1) is 0 Å². The lowest BCUT2D eigenvalue weighted by molar-refractivity contribution is 0.314. The van der Waals surface area contributed by atoms with Gasteiger partial charge in [0.25, 0.3) is 0 Å². The van der Waals surface area contributed by atoms with Crippen molar-refractivity contribution in [3.63, 3.8) is 0 Å². The number of rotatable bonds is 0. The van der Waals surface area contributed by atoms with Gasteiger partial charge >= 0.3 is 0 Å². The second kappa shape index (κ2) is 1.56. The van der Waals surface area contributed by atoms with Crippen LogP contribution in [-0.2, 0) is 0 Å². The molecule has 2 bridgehead atoms. The summed E-state index contributed by atoms with van der Waals surface area (Å²) in [5.41, 5.74) is 0.576. The van der Waals surface area contributed by atoms with Gasteiger partial charge in [0.2, 0.25) is 0 Å². The number of hydrogen-bond donors (Lipinski definition) is 2. The highest BCUT2D eigenvalue weighted by atomic mass is 15.2. The Bertz CT molecular complexity index is 163. The molecule has 0 aromatic rings. The van der Waals surface area contributed by atoms with Gasteiger partial charge in [-0.05, 0) is 25.7 Å². The average Bonchev–Trinajstić information content (AvgIpc) is 2.63. The van der Waals surface area contributed by atoms with E-state index in [0.29, 0.717) is 5.54 Å². The number of nitrogens with one attached hydrogen (secondary N) is 2. The van der Waals surface area contributed by atoms with Gasteiger partial charge in [-0.25, -0.2) is 0 Å². The van der Waals surface area contributed by atoms with Crippen molar-refractivity contribution >= 4 is 0 Å².